The highest BCUT2D eigenvalue weighted by Crippen LogP contribution is 2.31. The zero-order valence-electron chi connectivity index (χ0n) is 12.4. The summed E-state index contributed by atoms with van der Waals surface area (Å²) in [6.45, 7) is 6.35. The third-order valence-corrected chi connectivity index (χ3v) is 2.51. The van der Waals surface area contributed by atoms with Gasteiger partial charge in [0.2, 0.25) is 11.8 Å². The molecule has 2 aromatic rings. The molecule has 2 rings (SSSR count). The summed E-state index contributed by atoms with van der Waals surface area (Å²) in [6.07, 6.45) is 1.33. The first-order chi connectivity index (χ1) is 10.1. The minimum absolute atomic E-state index is 0.0273. The van der Waals surface area contributed by atoms with Crippen molar-refractivity contribution in [2.24, 2.45) is 0 Å². The number of hydrogen-bond acceptors (Lipinski definition) is 6. The third-order valence-electron chi connectivity index (χ3n) is 2.51. The van der Waals surface area contributed by atoms with Crippen molar-refractivity contribution in [3.63, 3.8) is 0 Å². The number of rotatable bonds is 6. The molecule has 0 spiro atoms. The summed E-state index contributed by atoms with van der Waals surface area (Å²) in [5, 5.41) is 0. The molecule has 0 atom stereocenters. The summed E-state index contributed by atoms with van der Waals surface area (Å²) in [4.78, 5) is 8.03. The molecular formula is C15H19N3O3. The maximum absolute atomic E-state index is 5.96. The Hall–Kier alpha value is -2.50. The first-order valence-corrected chi connectivity index (χ1v) is 6.78. The summed E-state index contributed by atoms with van der Waals surface area (Å²) < 4.78 is 16.5. The standard InChI is InChI=1S/C15H19N3O3/c1-4-19-11-5-7-12(8-6-11)21-15-13(16)14(17-9-18-15)20-10(2)3/h5-10H,4,16H2,1-3H3. The zero-order valence-corrected chi connectivity index (χ0v) is 12.4. The molecule has 6 heteroatoms. The lowest BCUT2D eigenvalue weighted by molar-refractivity contribution is 0.232. The largest absolute Gasteiger partial charge is 0.494 e. The Kier molecular flexibility index (Phi) is 4.81. The van der Waals surface area contributed by atoms with E-state index in [9.17, 15) is 0 Å². The van der Waals surface area contributed by atoms with Gasteiger partial charge >= 0.3 is 0 Å². The van der Waals surface area contributed by atoms with E-state index >= 15 is 0 Å². The van der Waals surface area contributed by atoms with E-state index in [1.54, 1.807) is 12.1 Å². The van der Waals surface area contributed by atoms with E-state index in [-0.39, 0.29) is 17.7 Å². The molecule has 0 unspecified atom stereocenters. The van der Waals surface area contributed by atoms with Crippen molar-refractivity contribution in [3.05, 3.63) is 30.6 Å². The van der Waals surface area contributed by atoms with Crippen LogP contribution in [0.25, 0.3) is 0 Å². The number of aromatic nitrogens is 2. The summed E-state index contributed by atoms with van der Waals surface area (Å²) >= 11 is 0. The van der Waals surface area contributed by atoms with E-state index in [4.69, 9.17) is 19.9 Å². The van der Waals surface area contributed by atoms with Crippen LogP contribution in [0.15, 0.2) is 30.6 Å². The quantitative estimate of drug-likeness (QED) is 0.880. The first kappa shape index (κ1) is 14.9. The summed E-state index contributed by atoms with van der Waals surface area (Å²) in [5.41, 5.74) is 6.24. The molecule has 112 valence electrons. The van der Waals surface area contributed by atoms with Crippen LogP contribution in [0.5, 0.6) is 23.3 Å². The van der Waals surface area contributed by atoms with Gasteiger partial charge in [-0.2, -0.15) is 9.97 Å². The van der Waals surface area contributed by atoms with Gasteiger partial charge in [-0.15, -0.1) is 0 Å². The molecule has 1 aromatic carbocycles. The SMILES string of the molecule is CCOc1ccc(Oc2ncnc(OC(C)C)c2N)cc1. The van der Waals surface area contributed by atoms with Crippen LogP contribution in [0.4, 0.5) is 5.69 Å². The van der Waals surface area contributed by atoms with Crippen molar-refractivity contribution in [3.8, 4) is 23.3 Å². The molecule has 1 aromatic heterocycles. The van der Waals surface area contributed by atoms with Gasteiger partial charge in [0.1, 0.15) is 17.8 Å². The molecule has 1 heterocycles. The highest BCUT2D eigenvalue weighted by Gasteiger charge is 2.12. The summed E-state index contributed by atoms with van der Waals surface area (Å²) in [5.74, 6) is 1.98. The van der Waals surface area contributed by atoms with E-state index in [1.807, 2.05) is 32.9 Å². The predicted molar refractivity (Wildman–Crippen MR) is 79.9 cm³/mol. The smallest absolute Gasteiger partial charge is 0.249 e. The molecule has 0 bridgehead atoms. The second-order valence-corrected chi connectivity index (χ2v) is 4.57. The van der Waals surface area contributed by atoms with Gasteiger partial charge in [0.25, 0.3) is 0 Å². The molecule has 0 fully saturated rings. The summed E-state index contributed by atoms with van der Waals surface area (Å²) in [7, 11) is 0. The average molecular weight is 289 g/mol. The Morgan fingerprint density at radius 1 is 1.05 bits per heavy atom. The second-order valence-electron chi connectivity index (χ2n) is 4.57. The van der Waals surface area contributed by atoms with Gasteiger partial charge in [-0.05, 0) is 45.0 Å². The van der Waals surface area contributed by atoms with Crippen LogP contribution in [0.3, 0.4) is 0 Å². The molecular weight excluding hydrogens is 270 g/mol. The lowest BCUT2D eigenvalue weighted by atomic mass is 10.3. The minimum atomic E-state index is -0.0273. The highest BCUT2D eigenvalue weighted by molar-refractivity contribution is 5.56. The van der Waals surface area contributed by atoms with Gasteiger partial charge in [0.15, 0.2) is 5.69 Å². The fourth-order valence-electron chi connectivity index (χ4n) is 1.65. The van der Waals surface area contributed by atoms with E-state index in [1.165, 1.54) is 6.33 Å². The second kappa shape index (κ2) is 6.78. The molecule has 6 nitrogen and oxygen atoms in total. The van der Waals surface area contributed by atoms with Crippen molar-refractivity contribution in [2.75, 3.05) is 12.3 Å². The maximum atomic E-state index is 5.96. The van der Waals surface area contributed by atoms with Gasteiger partial charge in [0.05, 0.1) is 12.7 Å². The van der Waals surface area contributed by atoms with Gasteiger partial charge in [-0.3, -0.25) is 0 Å². The molecule has 0 aliphatic rings. The molecule has 2 N–H and O–H groups in total. The number of nitrogens with two attached hydrogens (primary N) is 1. The van der Waals surface area contributed by atoms with Crippen LogP contribution in [-0.4, -0.2) is 22.7 Å². The van der Waals surface area contributed by atoms with Crippen LogP contribution >= 0.6 is 0 Å². The molecule has 0 radical (unpaired) electrons. The van der Waals surface area contributed by atoms with Crippen LogP contribution in [0, 0.1) is 0 Å². The predicted octanol–water partition coefficient (Wildman–Crippen LogP) is 3.04. The average Bonchev–Trinajstić information content (AvgIpc) is 2.45. The topological polar surface area (TPSA) is 79.5 Å². The molecule has 0 aliphatic carbocycles. The monoisotopic (exact) mass is 289 g/mol. The molecule has 0 amide bonds. The lowest BCUT2D eigenvalue weighted by Crippen LogP contribution is -2.10. The molecule has 0 saturated carbocycles. The van der Waals surface area contributed by atoms with Gasteiger partial charge < -0.3 is 19.9 Å². The number of ether oxygens (including phenoxy) is 3. The van der Waals surface area contributed by atoms with Crippen LogP contribution in [-0.2, 0) is 0 Å². The van der Waals surface area contributed by atoms with Gasteiger partial charge in [-0.1, -0.05) is 0 Å². The number of hydrogen-bond donors (Lipinski definition) is 1. The molecule has 0 saturated heterocycles. The maximum Gasteiger partial charge on any atom is 0.249 e. The van der Waals surface area contributed by atoms with Gasteiger partial charge in [0, 0.05) is 0 Å². The number of nitrogens with zero attached hydrogens (tertiary/aromatic N) is 2. The van der Waals surface area contributed by atoms with Crippen LogP contribution in [0.2, 0.25) is 0 Å². The fourth-order valence-corrected chi connectivity index (χ4v) is 1.65. The van der Waals surface area contributed by atoms with E-state index in [2.05, 4.69) is 9.97 Å². The van der Waals surface area contributed by atoms with Crippen LogP contribution in [0.1, 0.15) is 20.8 Å². The summed E-state index contributed by atoms with van der Waals surface area (Å²) in [6, 6.07) is 7.22. The Morgan fingerprint density at radius 3 is 2.29 bits per heavy atom. The van der Waals surface area contributed by atoms with Crippen LogP contribution < -0.4 is 19.9 Å². The molecule has 0 aliphatic heterocycles. The van der Waals surface area contributed by atoms with E-state index < -0.39 is 0 Å². The number of benzene rings is 1. The number of anilines is 1. The fraction of sp³-hybridized carbons (Fsp3) is 0.333. The van der Waals surface area contributed by atoms with E-state index in [0.717, 1.165) is 5.75 Å². The normalized spacial score (nSPS) is 10.5. The minimum Gasteiger partial charge on any atom is -0.494 e. The van der Waals surface area contributed by atoms with Crippen molar-refractivity contribution in [1.29, 1.82) is 0 Å². The van der Waals surface area contributed by atoms with Crippen molar-refractivity contribution in [1.82, 2.24) is 9.97 Å². The van der Waals surface area contributed by atoms with Crippen molar-refractivity contribution < 1.29 is 14.2 Å². The Labute approximate surface area is 123 Å². The Balaban J connectivity index is 2.15. The molecule has 21 heavy (non-hydrogen) atoms. The Morgan fingerprint density at radius 2 is 1.67 bits per heavy atom. The zero-order chi connectivity index (χ0) is 15.2. The van der Waals surface area contributed by atoms with Crippen molar-refractivity contribution in [2.45, 2.75) is 26.9 Å². The Bertz CT molecular complexity index is 585. The highest BCUT2D eigenvalue weighted by atomic mass is 16.5. The number of nitrogen functional groups attached to an aromatic ring is 1. The lowest BCUT2D eigenvalue weighted by Gasteiger charge is -2.13. The van der Waals surface area contributed by atoms with Gasteiger partial charge in [-0.25, -0.2) is 0 Å². The first-order valence-electron chi connectivity index (χ1n) is 6.78. The van der Waals surface area contributed by atoms with Crippen molar-refractivity contribution >= 4 is 5.69 Å². The third kappa shape index (κ3) is 3.98. The van der Waals surface area contributed by atoms with E-state index in [0.29, 0.717) is 18.2 Å².